The number of urea groups is 1. The molecule has 0 saturated carbocycles. The molecule has 0 radical (unpaired) electrons. The Morgan fingerprint density at radius 1 is 1.59 bits per heavy atom. The van der Waals surface area contributed by atoms with Gasteiger partial charge in [-0.1, -0.05) is 6.07 Å². The van der Waals surface area contributed by atoms with Crippen LogP contribution in [-0.2, 0) is 16.0 Å². The van der Waals surface area contributed by atoms with Crippen LogP contribution < -0.4 is 5.32 Å². The van der Waals surface area contributed by atoms with Gasteiger partial charge in [-0.2, -0.15) is 0 Å². The second kappa shape index (κ2) is 9.38. The SMILES string of the molecule is COCCN(Cc1cccnc1)C(=O)NC[C@H]1CCCOC1. The zero-order valence-corrected chi connectivity index (χ0v) is 13.2. The van der Waals surface area contributed by atoms with E-state index in [4.69, 9.17) is 9.47 Å². The molecule has 122 valence electrons. The molecule has 0 unspecified atom stereocenters. The van der Waals surface area contributed by atoms with Crippen molar-refractivity contribution < 1.29 is 14.3 Å². The van der Waals surface area contributed by atoms with E-state index in [9.17, 15) is 4.79 Å². The topological polar surface area (TPSA) is 63.7 Å². The zero-order valence-electron chi connectivity index (χ0n) is 13.2. The van der Waals surface area contributed by atoms with Crippen LogP contribution in [0, 0.1) is 5.92 Å². The standard InChI is InChI=1S/C16H25N3O3/c1-21-9-7-19(12-14-4-2-6-17-10-14)16(20)18-11-15-5-3-8-22-13-15/h2,4,6,10,15H,3,5,7-9,11-13H2,1H3,(H,18,20)/t15-/m1/s1. The number of ether oxygens (including phenoxy) is 2. The monoisotopic (exact) mass is 307 g/mol. The van der Waals surface area contributed by atoms with Crippen molar-refractivity contribution in [3.05, 3.63) is 30.1 Å². The highest BCUT2D eigenvalue weighted by molar-refractivity contribution is 5.74. The minimum atomic E-state index is -0.0634. The normalized spacial score (nSPS) is 18.0. The van der Waals surface area contributed by atoms with Crippen molar-refractivity contribution in [2.75, 3.05) is 40.0 Å². The van der Waals surface area contributed by atoms with E-state index in [0.717, 1.165) is 31.6 Å². The number of nitrogens with one attached hydrogen (secondary N) is 1. The van der Waals surface area contributed by atoms with Crippen molar-refractivity contribution in [2.45, 2.75) is 19.4 Å². The van der Waals surface area contributed by atoms with Gasteiger partial charge in [0.25, 0.3) is 0 Å². The molecular weight excluding hydrogens is 282 g/mol. The average Bonchev–Trinajstić information content (AvgIpc) is 2.58. The number of nitrogens with zero attached hydrogens (tertiary/aromatic N) is 2. The number of aromatic nitrogens is 1. The van der Waals surface area contributed by atoms with E-state index in [2.05, 4.69) is 10.3 Å². The predicted octanol–water partition coefficient (Wildman–Crippen LogP) is 1.67. The summed E-state index contributed by atoms with van der Waals surface area (Å²) < 4.78 is 10.5. The Morgan fingerprint density at radius 2 is 2.50 bits per heavy atom. The van der Waals surface area contributed by atoms with Crippen LogP contribution in [0.1, 0.15) is 18.4 Å². The van der Waals surface area contributed by atoms with Gasteiger partial charge in [0.1, 0.15) is 0 Å². The molecule has 1 atom stereocenters. The molecule has 1 aliphatic rings. The molecule has 1 aromatic rings. The molecule has 0 bridgehead atoms. The van der Waals surface area contributed by atoms with Crippen LogP contribution in [0.2, 0.25) is 0 Å². The van der Waals surface area contributed by atoms with Gasteiger partial charge in [0.05, 0.1) is 13.2 Å². The number of methoxy groups -OCH3 is 1. The molecule has 6 nitrogen and oxygen atoms in total. The van der Waals surface area contributed by atoms with E-state index in [1.807, 2.05) is 12.1 Å². The quantitative estimate of drug-likeness (QED) is 0.832. The van der Waals surface area contributed by atoms with Gasteiger partial charge in [0.15, 0.2) is 0 Å². The summed E-state index contributed by atoms with van der Waals surface area (Å²) in [5, 5.41) is 3.01. The maximum Gasteiger partial charge on any atom is 0.317 e. The number of hydrogen-bond acceptors (Lipinski definition) is 4. The molecule has 1 aliphatic heterocycles. The van der Waals surface area contributed by atoms with E-state index < -0.39 is 0 Å². The van der Waals surface area contributed by atoms with E-state index in [1.54, 1.807) is 24.4 Å². The lowest BCUT2D eigenvalue weighted by Crippen LogP contribution is -2.43. The van der Waals surface area contributed by atoms with Gasteiger partial charge in [0, 0.05) is 45.7 Å². The molecule has 6 heteroatoms. The van der Waals surface area contributed by atoms with Crippen LogP contribution in [-0.4, -0.2) is 55.9 Å². The summed E-state index contributed by atoms with van der Waals surface area (Å²) in [6.07, 6.45) is 5.69. The minimum Gasteiger partial charge on any atom is -0.383 e. The van der Waals surface area contributed by atoms with E-state index in [-0.39, 0.29) is 6.03 Å². The van der Waals surface area contributed by atoms with Crippen molar-refractivity contribution in [1.82, 2.24) is 15.2 Å². The molecule has 2 heterocycles. The fraction of sp³-hybridized carbons (Fsp3) is 0.625. The summed E-state index contributed by atoms with van der Waals surface area (Å²) in [5.74, 6) is 0.417. The molecule has 0 aromatic carbocycles. The number of hydrogen-bond donors (Lipinski definition) is 1. The number of amides is 2. The third-order valence-corrected chi connectivity index (χ3v) is 3.75. The highest BCUT2D eigenvalue weighted by Crippen LogP contribution is 2.12. The second-order valence-corrected chi connectivity index (χ2v) is 5.54. The molecule has 1 saturated heterocycles. The first-order valence-electron chi connectivity index (χ1n) is 7.78. The number of carbonyl (C=O) groups is 1. The van der Waals surface area contributed by atoms with Gasteiger partial charge in [-0.05, 0) is 30.4 Å². The van der Waals surface area contributed by atoms with Crippen molar-refractivity contribution in [3.63, 3.8) is 0 Å². The van der Waals surface area contributed by atoms with Gasteiger partial charge in [-0.15, -0.1) is 0 Å². The molecule has 1 fully saturated rings. The first-order valence-corrected chi connectivity index (χ1v) is 7.78. The molecule has 2 amide bonds. The van der Waals surface area contributed by atoms with Crippen molar-refractivity contribution >= 4 is 6.03 Å². The summed E-state index contributed by atoms with van der Waals surface area (Å²) in [6, 6.07) is 3.78. The van der Waals surface area contributed by atoms with Gasteiger partial charge < -0.3 is 19.7 Å². The zero-order chi connectivity index (χ0) is 15.6. The third kappa shape index (κ3) is 5.61. The highest BCUT2D eigenvalue weighted by Gasteiger charge is 2.18. The lowest BCUT2D eigenvalue weighted by atomic mass is 10.0. The lowest BCUT2D eigenvalue weighted by Gasteiger charge is -2.26. The van der Waals surface area contributed by atoms with E-state index >= 15 is 0 Å². The van der Waals surface area contributed by atoms with E-state index in [0.29, 0.717) is 32.2 Å². The Bertz CT molecular complexity index is 436. The van der Waals surface area contributed by atoms with Gasteiger partial charge >= 0.3 is 6.03 Å². The molecule has 22 heavy (non-hydrogen) atoms. The largest absolute Gasteiger partial charge is 0.383 e. The van der Waals surface area contributed by atoms with Crippen LogP contribution >= 0.6 is 0 Å². The molecule has 0 aliphatic carbocycles. The molecular formula is C16H25N3O3. The Hall–Kier alpha value is -1.66. The maximum absolute atomic E-state index is 12.4. The van der Waals surface area contributed by atoms with Crippen molar-refractivity contribution in [3.8, 4) is 0 Å². The smallest absolute Gasteiger partial charge is 0.317 e. The average molecular weight is 307 g/mol. The first-order chi connectivity index (χ1) is 10.8. The molecule has 1 aromatic heterocycles. The maximum atomic E-state index is 12.4. The predicted molar refractivity (Wildman–Crippen MR) is 83.5 cm³/mol. The number of rotatable bonds is 7. The Labute approximate surface area is 131 Å². The highest BCUT2D eigenvalue weighted by atomic mass is 16.5. The lowest BCUT2D eigenvalue weighted by molar-refractivity contribution is 0.0549. The summed E-state index contributed by atoms with van der Waals surface area (Å²) in [5.41, 5.74) is 1.01. The molecule has 1 N–H and O–H groups in total. The Balaban J connectivity index is 1.84. The summed E-state index contributed by atoms with van der Waals surface area (Å²) in [6.45, 7) is 3.84. The number of pyridine rings is 1. The Kier molecular flexibility index (Phi) is 7.12. The van der Waals surface area contributed by atoms with Crippen LogP contribution in [0.3, 0.4) is 0 Å². The van der Waals surface area contributed by atoms with Crippen LogP contribution in [0.25, 0.3) is 0 Å². The fourth-order valence-electron chi connectivity index (χ4n) is 2.48. The van der Waals surface area contributed by atoms with Gasteiger partial charge in [-0.25, -0.2) is 4.79 Å². The first kappa shape index (κ1) is 16.7. The summed E-state index contributed by atoms with van der Waals surface area (Å²) in [7, 11) is 1.64. The van der Waals surface area contributed by atoms with Crippen molar-refractivity contribution in [1.29, 1.82) is 0 Å². The van der Waals surface area contributed by atoms with Gasteiger partial charge in [0.2, 0.25) is 0 Å². The second-order valence-electron chi connectivity index (χ2n) is 5.54. The fourth-order valence-corrected chi connectivity index (χ4v) is 2.48. The van der Waals surface area contributed by atoms with E-state index in [1.165, 1.54) is 0 Å². The van der Waals surface area contributed by atoms with Crippen LogP contribution in [0.4, 0.5) is 4.79 Å². The van der Waals surface area contributed by atoms with Gasteiger partial charge in [-0.3, -0.25) is 4.98 Å². The molecule has 0 spiro atoms. The van der Waals surface area contributed by atoms with Crippen LogP contribution in [0.15, 0.2) is 24.5 Å². The third-order valence-electron chi connectivity index (χ3n) is 3.75. The summed E-state index contributed by atoms with van der Waals surface area (Å²) >= 11 is 0. The Morgan fingerprint density at radius 3 is 3.18 bits per heavy atom. The number of carbonyl (C=O) groups excluding carboxylic acids is 1. The minimum absolute atomic E-state index is 0.0634. The van der Waals surface area contributed by atoms with Crippen molar-refractivity contribution in [2.24, 2.45) is 5.92 Å². The van der Waals surface area contributed by atoms with Crippen LogP contribution in [0.5, 0.6) is 0 Å². The summed E-state index contributed by atoms with van der Waals surface area (Å²) in [4.78, 5) is 18.2. The molecule has 2 rings (SSSR count).